The summed E-state index contributed by atoms with van der Waals surface area (Å²) in [4.78, 5) is 64.8. The number of nitrogens with one attached hydrogen (secondary N) is 1. The lowest BCUT2D eigenvalue weighted by Gasteiger charge is -2.54. The minimum absolute atomic E-state index is 0.000818. The van der Waals surface area contributed by atoms with Gasteiger partial charge in [0.1, 0.15) is 35.7 Å². The highest BCUT2D eigenvalue weighted by molar-refractivity contribution is 7.13. The average Bonchev–Trinajstić information content (AvgIpc) is 1.88. The molecule has 4 atom stereocenters. The van der Waals surface area contributed by atoms with Gasteiger partial charge in [0, 0.05) is 80.4 Å². The van der Waals surface area contributed by atoms with Crippen LogP contribution in [0.2, 0.25) is 5.02 Å². The average molecular weight is 1170 g/mol. The number of phenols is 1. The molecule has 22 heteroatoms. The molecule has 0 saturated carbocycles. The van der Waals surface area contributed by atoms with E-state index in [2.05, 4.69) is 49.5 Å². The van der Waals surface area contributed by atoms with Gasteiger partial charge in [0.05, 0.1) is 45.7 Å². The maximum absolute atomic E-state index is 17.3. The number of ether oxygens (including phenoxy) is 1. The van der Waals surface area contributed by atoms with Gasteiger partial charge in [-0.1, -0.05) is 92.3 Å². The van der Waals surface area contributed by atoms with E-state index in [1.807, 2.05) is 69.3 Å². The Labute approximate surface area is 487 Å². The van der Waals surface area contributed by atoms with Crippen molar-refractivity contribution in [1.82, 2.24) is 40.1 Å². The van der Waals surface area contributed by atoms with Gasteiger partial charge in [-0.15, -0.1) is 11.3 Å². The van der Waals surface area contributed by atoms with Crippen LogP contribution in [0.15, 0.2) is 102 Å². The molecule has 18 nitrogen and oxygen atoms in total. The minimum atomic E-state index is -1.14. The number of benzene rings is 4. The molecule has 4 aliphatic rings. The van der Waals surface area contributed by atoms with Crippen LogP contribution < -0.4 is 19.9 Å². The number of likely N-dealkylation sites (tertiary alicyclic amines) is 2. The minimum Gasteiger partial charge on any atom is -0.508 e. The van der Waals surface area contributed by atoms with Crippen molar-refractivity contribution in [2.24, 2.45) is 11.3 Å². The molecule has 430 valence electrons. The van der Waals surface area contributed by atoms with Crippen molar-refractivity contribution < 1.29 is 42.6 Å². The summed E-state index contributed by atoms with van der Waals surface area (Å²) in [5.41, 5.74) is 5.18. The quantitative estimate of drug-likeness (QED) is 0.0769. The zero-order valence-electron chi connectivity index (χ0n) is 46.2. The first kappa shape index (κ1) is 56.8. The summed E-state index contributed by atoms with van der Waals surface area (Å²) in [6.07, 6.45) is 0.886. The van der Waals surface area contributed by atoms with Crippen LogP contribution >= 0.6 is 22.9 Å². The van der Waals surface area contributed by atoms with Gasteiger partial charge in [-0.3, -0.25) is 19.3 Å². The number of phenolic OH excluding ortho intramolecular Hbond substituents is 1. The first-order chi connectivity index (χ1) is 39.9. The number of hydrogen-bond donors (Lipinski definition) is 3. The highest BCUT2D eigenvalue weighted by Gasteiger charge is 2.47. The summed E-state index contributed by atoms with van der Waals surface area (Å²) in [6, 6.07) is 21.7. The number of carbonyl (C=O) groups is 3. The number of fused-ring (bicyclic) bond motifs is 2. The van der Waals surface area contributed by atoms with E-state index in [0.717, 1.165) is 55.2 Å². The number of amides is 3. The zero-order chi connectivity index (χ0) is 58.4. The molecule has 3 amide bonds. The van der Waals surface area contributed by atoms with Gasteiger partial charge in [0.2, 0.25) is 11.8 Å². The van der Waals surface area contributed by atoms with E-state index >= 15 is 4.39 Å². The van der Waals surface area contributed by atoms with E-state index < -0.39 is 47.6 Å². The Bertz CT molecular complexity index is 3720. The van der Waals surface area contributed by atoms with Crippen LogP contribution in [0.4, 0.5) is 20.4 Å². The number of nitriles is 1. The predicted molar refractivity (Wildman–Crippen MR) is 313 cm³/mol. The van der Waals surface area contributed by atoms with Crippen LogP contribution in [0.25, 0.3) is 48.9 Å². The summed E-state index contributed by atoms with van der Waals surface area (Å²) in [5.74, 6) is -3.35. The van der Waals surface area contributed by atoms with Crippen LogP contribution in [-0.2, 0) is 14.4 Å². The fourth-order valence-corrected chi connectivity index (χ4v) is 13.3. The Morgan fingerprint density at radius 2 is 1.75 bits per heavy atom. The summed E-state index contributed by atoms with van der Waals surface area (Å²) >= 11 is 8.51. The standard InChI is InChI=1S/C61H62ClF2N11O7S/c1-34(2)51(59(80)75-30-43(77)26-48(75)57(78)67-36(4)38-10-12-39(13-11-38)55-37(5)66-33-83-55)49-28-50(70-82-49)73-31-61(32-73)15-18-71(19-16-61)22-23-81-60-68-54-46(56(69-60)72-20-21-74(58(79)35(3)63)41(29-72)14-17-65)27-47(62)52(53(54)64)45-25-42(76)24-40-8-6-7-9-44(40)45/h6-13,24-25,27-28,33-34,41,43,48,51,76-77H,3-4,14-16,18-23,26,29-32H2,1-2,5H3,(H,67,78)/t41-,43+,48-,51+/m0/s1. The third kappa shape index (κ3) is 11.3. The number of thiazole rings is 1. The molecule has 7 aromatic rings. The van der Waals surface area contributed by atoms with Crippen LogP contribution in [-0.4, -0.2) is 146 Å². The molecule has 4 aromatic carbocycles. The van der Waals surface area contributed by atoms with Gasteiger partial charge >= 0.3 is 6.01 Å². The van der Waals surface area contributed by atoms with E-state index in [9.17, 15) is 34.2 Å². The first-order valence-electron chi connectivity index (χ1n) is 27.6. The molecule has 1 spiro atoms. The normalized spacial score (nSPS) is 19.3. The second-order valence-corrected chi connectivity index (χ2v) is 23.7. The van der Waals surface area contributed by atoms with Gasteiger partial charge in [-0.05, 0) is 84.4 Å². The van der Waals surface area contributed by atoms with Gasteiger partial charge in [-0.25, -0.2) is 13.8 Å². The number of halogens is 3. The maximum atomic E-state index is 17.3. The number of anilines is 2. The summed E-state index contributed by atoms with van der Waals surface area (Å²) < 4.78 is 43.6. The largest absolute Gasteiger partial charge is 0.508 e. The number of hydrogen-bond acceptors (Lipinski definition) is 16. The number of nitrogens with zero attached hydrogens (tertiary/aromatic N) is 10. The highest BCUT2D eigenvalue weighted by atomic mass is 35.5. The Balaban J connectivity index is 0.732. The molecule has 4 aliphatic heterocycles. The number of carbonyl (C=O) groups excluding carboxylic acids is 3. The fraction of sp³-hybridized carbons (Fsp3) is 0.377. The number of piperazine rings is 1. The second-order valence-electron chi connectivity index (χ2n) is 22.4. The van der Waals surface area contributed by atoms with E-state index in [0.29, 0.717) is 45.7 Å². The highest BCUT2D eigenvalue weighted by Crippen LogP contribution is 2.45. The van der Waals surface area contributed by atoms with Gasteiger partial charge in [0.25, 0.3) is 5.91 Å². The van der Waals surface area contributed by atoms with E-state index in [-0.39, 0.29) is 102 Å². The first-order valence-corrected chi connectivity index (χ1v) is 28.9. The molecule has 0 unspecified atom stereocenters. The Morgan fingerprint density at radius 1 is 0.988 bits per heavy atom. The van der Waals surface area contributed by atoms with Crippen molar-refractivity contribution in [1.29, 1.82) is 5.26 Å². The van der Waals surface area contributed by atoms with Crippen LogP contribution in [0.3, 0.4) is 0 Å². The molecule has 0 aliphatic carbocycles. The molecule has 4 saturated heterocycles. The topological polar surface area (TPSA) is 218 Å². The third-order valence-electron chi connectivity index (χ3n) is 16.6. The maximum Gasteiger partial charge on any atom is 0.319 e. The van der Waals surface area contributed by atoms with Gasteiger partial charge in [0.15, 0.2) is 23.2 Å². The van der Waals surface area contributed by atoms with Crippen LogP contribution in [0.1, 0.15) is 62.5 Å². The predicted octanol–water partition coefficient (Wildman–Crippen LogP) is 9.25. The van der Waals surface area contributed by atoms with Crippen molar-refractivity contribution in [3.8, 4) is 39.4 Å². The summed E-state index contributed by atoms with van der Waals surface area (Å²) in [6.45, 7) is 17.0. The second kappa shape index (κ2) is 23.3. The number of aliphatic hydroxyl groups excluding tert-OH is 1. The monoisotopic (exact) mass is 1170 g/mol. The van der Waals surface area contributed by atoms with E-state index in [1.165, 1.54) is 15.9 Å². The lowest BCUT2D eigenvalue weighted by molar-refractivity contribution is -0.140. The molecular formula is C61H62ClF2N11O7S. The molecule has 3 aromatic heterocycles. The van der Waals surface area contributed by atoms with Crippen molar-refractivity contribution in [2.75, 3.05) is 75.3 Å². The summed E-state index contributed by atoms with van der Waals surface area (Å²) in [5, 5.41) is 40.2. The smallest absolute Gasteiger partial charge is 0.319 e. The van der Waals surface area contributed by atoms with Crippen molar-refractivity contribution in [3.05, 3.63) is 125 Å². The molecule has 3 N–H and O–H groups in total. The third-order valence-corrected chi connectivity index (χ3v) is 17.9. The number of β-amino-alcohol motifs (C(OH)–C–C–N with tert-alkyl or cyclic N) is 1. The number of aromatic nitrogens is 4. The Kier molecular flexibility index (Phi) is 16.0. The Morgan fingerprint density at radius 3 is 2.46 bits per heavy atom. The van der Waals surface area contributed by atoms with Crippen LogP contribution in [0, 0.1) is 35.4 Å². The van der Waals surface area contributed by atoms with Crippen LogP contribution in [0.5, 0.6) is 11.8 Å². The number of aromatic hydroxyl groups is 1. The number of piperidine rings is 1. The SMILES string of the molecule is C=C(F)C(=O)N1CCN(c2nc(OCCN3CCC4(CC3)CN(c3cc([C@H](C(=O)N5C[C@H](O)C[C@H]5C(=O)NC(=C)c5ccc(-c6scnc6C)cc5)C(C)C)on3)C4)nc3c(F)c(-c4cc(O)cc5ccccc45)c(Cl)cc23)C[C@@H]1CC#N. The van der Waals surface area contributed by atoms with Crippen molar-refractivity contribution >= 4 is 79.7 Å². The van der Waals surface area contributed by atoms with E-state index in [1.54, 1.807) is 39.9 Å². The molecular weight excluding hydrogens is 1100 g/mol. The number of rotatable bonds is 16. The molecule has 83 heavy (non-hydrogen) atoms. The van der Waals surface area contributed by atoms with Gasteiger partial charge < -0.3 is 44.4 Å². The van der Waals surface area contributed by atoms with Gasteiger partial charge in [-0.2, -0.15) is 15.2 Å². The lowest BCUT2D eigenvalue weighted by Crippen LogP contribution is -2.60. The number of aliphatic hydroxyl groups is 1. The number of aryl methyl sites for hydroxylation is 1. The molecule has 4 fully saturated rings. The molecule has 11 rings (SSSR count). The van der Waals surface area contributed by atoms with Crippen molar-refractivity contribution in [3.63, 3.8) is 0 Å². The summed E-state index contributed by atoms with van der Waals surface area (Å²) in [7, 11) is 0. The fourth-order valence-electron chi connectivity index (χ4n) is 12.2. The molecule has 7 heterocycles. The molecule has 0 bridgehead atoms. The lowest BCUT2D eigenvalue weighted by atomic mass is 9.72. The Hall–Kier alpha value is -8.03. The molecule has 0 radical (unpaired) electrons. The van der Waals surface area contributed by atoms with Crippen molar-refractivity contribution in [2.45, 2.75) is 70.6 Å². The van der Waals surface area contributed by atoms with E-state index in [4.69, 9.17) is 25.8 Å². The zero-order valence-corrected chi connectivity index (χ0v) is 47.7.